The van der Waals surface area contributed by atoms with E-state index in [1.165, 1.54) is 17.7 Å². The zero-order chi connectivity index (χ0) is 13.4. The number of aryl methyl sites for hydroxylation is 3. The van der Waals surface area contributed by atoms with Crippen molar-refractivity contribution in [3.8, 4) is 0 Å². The van der Waals surface area contributed by atoms with E-state index in [0.29, 0.717) is 12.2 Å². The number of carbonyl (C=O) groups excluding carboxylic acids is 1. The minimum atomic E-state index is -0.146. The summed E-state index contributed by atoms with van der Waals surface area (Å²) in [5, 5.41) is 14.4. The quantitative estimate of drug-likeness (QED) is 0.858. The number of aromatic nitrogens is 4. The highest BCUT2D eigenvalue weighted by atomic mass is 16.1. The molecule has 0 fully saturated rings. The lowest BCUT2D eigenvalue weighted by Crippen LogP contribution is -2.24. The summed E-state index contributed by atoms with van der Waals surface area (Å²) >= 11 is 0. The molecule has 1 aliphatic carbocycles. The molecule has 0 saturated heterocycles. The van der Waals surface area contributed by atoms with E-state index in [2.05, 4.69) is 20.6 Å². The van der Waals surface area contributed by atoms with Crippen molar-refractivity contribution in [1.29, 1.82) is 0 Å². The maximum atomic E-state index is 12.0. The number of amides is 1. The molecule has 0 spiro atoms. The summed E-state index contributed by atoms with van der Waals surface area (Å²) in [5.74, 6) is -0.146. The molecule has 2 heterocycles. The maximum Gasteiger partial charge on any atom is 0.272 e. The van der Waals surface area contributed by atoms with E-state index in [4.69, 9.17) is 0 Å². The van der Waals surface area contributed by atoms with Gasteiger partial charge >= 0.3 is 0 Å². The van der Waals surface area contributed by atoms with Crippen molar-refractivity contribution < 1.29 is 4.79 Å². The van der Waals surface area contributed by atoms with E-state index in [1.807, 2.05) is 20.2 Å². The zero-order valence-electron chi connectivity index (χ0n) is 11.2. The van der Waals surface area contributed by atoms with Crippen LogP contribution in [0, 0.1) is 6.92 Å². The lowest BCUT2D eigenvalue weighted by Gasteiger charge is -2.03. The molecule has 0 aromatic carbocycles. The first kappa shape index (κ1) is 12.0. The minimum absolute atomic E-state index is 0.146. The highest BCUT2D eigenvalue weighted by Crippen LogP contribution is 2.22. The summed E-state index contributed by atoms with van der Waals surface area (Å²) in [5.41, 5.74) is 4.81. The van der Waals surface area contributed by atoms with Crippen LogP contribution in [0.3, 0.4) is 0 Å². The van der Waals surface area contributed by atoms with E-state index in [9.17, 15) is 4.79 Å². The van der Waals surface area contributed by atoms with Crippen LogP contribution in [0.1, 0.15) is 39.4 Å². The first-order valence-corrected chi connectivity index (χ1v) is 6.48. The molecule has 0 atom stereocenters. The van der Waals surface area contributed by atoms with E-state index in [-0.39, 0.29) is 5.91 Å². The zero-order valence-corrected chi connectivity index (χ0v) is 11.2. The Morgan fingerprint density at radius 1 is 1.53 bits per heavy atom. The summed E-state index contributed by atoms with van der Waals surface area (Å²) in [4.78, 5) is 12.0. The average Bonchev–Trinajstić information content (AvgIpc) is 3.02. The highest BCUT2D eigenvalue weighted by molar-refractivity contribution is 5.93. The SMILES string of the molecule is Cc1cn(C)nc1C(=O)NCc1n[nH]c2c1CCC2. The van der Waals surface area contributed by atoms with Gasteiger partial charge in [-0.2, -0.15) is 10.2 Å². The van der Waals surface area contributed by atoms with E-state index >= 15 is 0 Å². The van der Waals surface area contributed by atoms with Crippen LogP contribution >= 0.6 is 0 Å². The maximum absolute atomic E-state index is 12.0. The van der Waals surface area contributed by atoms with Crippen LogP contribution in [0.5, 0.6) is 0 Å². The number of rotatable bonds is 3. The summed E-state index contributed by atoms with van der Waals surface area (Å²) in [6.45, 7) is 2.34. The van der Waals surface area contributed by atoms with Gasteiger partial charge in [-0.1, -0.05) is 0 Å². The fraction of sp³-hybridized carbons (Fsp3) is 0.462. The van der Waals surface area contributed by atoms with Crippen LogP contribution in [0.4, 0.5) is 0 Å². The topological polar surface area (TPSA) is 75.6 Å². The van der Waals surface area contributed by atoms with Crippen LogP contribution in [-0.2, 0) is 26.4 Å². The Hall–Kier alpha value is -2.11. The van der Waals surface area contributed by atoms with E-state index < -0.39 is 0 Å². The number of carbonyl (C=O) groups is 1. The molecular formula is C13H17N5O. The molecule has 0 saturated carbocycles. The van der Waals surface area contributed by atoms with Gasteiger partial charge in [-0.3, -0.25) is 14.6 Å². The van der Waals surface area contributed by atoms with Gasteiger partial charge in [0.2, 0.25) is 0 Å². The van der Waals surface area contributed by atoms with Crippen LogP contribution in [0.15, 0.2) is 6.20 Å². The van der Waals surface area contributed by atoms with Gasteiger partial charge in [-0.15, -0.1) is 0 Å². The second-order valence-corrected chi connectivity index (χ2v) is 5.00. The first-order chi connectivity index (χ1) is 9.15. The van der Waals surface area contributed by atoms with Crippen molar-refractivity contribution in [2.45, 2.75) is 32.7 Å². The van der Waals surface area contributed by atoms with Crippen molar-refractivity contribution in [3.05, 3.63) is 34.4 Å². The standard InChI is InChI=1S/C13H17N5O/c1-8-7-18(2)17-12(8)13(19)14-6-11-9-4-3-5-10(9)15-16-11/h7H,3-6H2,1-2H3,(H,14,19)(H,15,16). The Morgan fingerprint density at radius 3 is 3.11 bits per heavy atom. The predicted molar refractivity (Wildman–Crippen MR) is 69.7 cm³/mol. The van der Waals surface area contributed by atoms with Gasteiger partial charge in [0.1, 0.15) is 0 Å². The third kappa shape index (κ3) is 2.14. The Balaban J connectivity index is 1.69. The summed E-state index contributed by atoms with van der Waals surface area (Å²) in [6.07, 6.45) is 5.13. The number of hydrogen-bond donors (Lipinski definition) is 2. The molecule has 0 unspecified atom stereocenters. The number of fused-ring (bicyclic) bond motifs is 1. The minimum Gasteiger partial charge on any atom is -0.345 e. The monoisotopic (exact) mass is 259 g/mol. The predicted octanol–water partition coefficient (Wildman–Crippen LogP) is 0.870. The fourth-order valence-corrected chi connectivity index (χ4v) is 2.61. The second-order valence-electron chi connectivity index (χ2n) is 5.00. The van der Waals surface area contributed by atoms with Crippen molar-refractivity contribution in [2.75, 3.05) is 0 Å². The average molecular weight is 259 g/mol. The molecular weight excluding hydrogens is 242 g/mol. The van der Waals surface area contributed by atoms with Crippen LogP contribution < -0.4 is 5.32 Å². The molecule has 3 rings (SSSR count). The Kier molecular flexibility index (Phi) is 2.85. The lowest BCUT2D eigenvalue weighted by molar-refractivity contribution is 0.0944. The molecule has 2 N–H and O–H groups in total. The van der Waals surface area contributed by atoms with Gasteiger partial charge in [0.25, 0.3) is 5.91 Å². The molecule has 2 aromatic heterocycles. The third-order valence-electron chi connectivity index (χ3n) is 3.54. The number of nitrogens with one attached hydrogen (secondary N) is 2. The van der Waals surface area contributed by atoms with E-state index in [1.54, 1.807) is 4.68 Å². The van der Waals surface area contributed by atoms with Crippen molar-refractivity contribution in [2.24, 2.45) is 7.05 Å². The van der Waals surface area contributed by atoms with Gasteiger partial charge < -0.3 is 5.32 Å². The first-order valence-electron chi connectivity index (χ1n) is 6.48. The Morgan fingerprint density at radius 2 is 2.37 bits per heavy atom. The smallest absolute Gasteiger partial charge is 0.272 e. The largest absolute Gasteiger partial charge is 0.345 e. The van der Waals surface area contributed by atoms with Gasteiger partial charge in [-0.25, -0.2) is 0 Å². The van der Waals surface area contributed by atoms with Crippen molar-refractivity contribution in [1.82, 2.24) is 25.3 Å². The number of H-pyrrole nitrogens is 1. The van der Waals surface area contributed by atoms with E-state index in [0.717, 1.165) is 24.1 Å². The van der Waals surface area contributed by atoms with Crippen molar-refractivity contribution in [3.63, 3.8) is 0 Å². The number of aromatic amines is 1. The van der Waals surface area contributed by atoms with Gasteiger partial charge in [0, 0.05) is 24.5 Å². The summed E-state index contributed by atoms with van der Waals surface area (Å²) in [7, 11) is 1.81. The molecule has 0 aliphatic heterocycles. The highest BCUT2D eigenvalue weighted by Gasteiger charge is 2.19. The second kappa shape index (κ2) is 4.53. The molecule has 0 bridgehead atoms. The van der Waals surface area contributed by atoms with Gasteiger partial charge in [0.05, 0.1) is 12.2 Å². The normalized spacial score (nSPS) is 13.6. The van der Waals surface area contributed by atoms with Crippen LogP contribution in [-0.4, -0.2) is 25.9 Å². The molecule has 0 radical (unpaired) electrons. The molecule has 1 amide bonds. The number of nitrogens with zero attached hydrogens (tertiary/aromatic N) is 3. The summed E-state index contributed by atoms with van der Waals surface area (Å²) < 4.78 is 1.65. The number of hydrogen-bond acceptors (Lipinski definition) is 3. The molecule has 6 nitrogen and oxygen atoms in total. The Bertz CT molecular complexity index is 625. The lowest BCUT2D eigenvalue weighted by atomic mass is 10.2. The molecule has 2 aromatic rings. The van der Waals surface area contributed by atoms with Gasteiger partial charge in [-0.05, 0) is 31.7 Å². The van der Waals surface area contributed by atoms with Crippen LogP contribution in [0.25, 0.3) is 0 Å². The molecule has 100 valence electrons. The fourth-order valence-electron chi connectivity index (χ4n) is 2.61. The Labute approximate surface area is 111 Å². The van der Waals surface area contributed by atoms with Gasteiger partial charge in [0.15, 0.2) is 5.69 Å². The molecule has 19 heavy (non-hydrogen) atoms. The summed E-state index contributed by atoms with van der Waals surface area (Å²) in [6, 6.07) is 0. The third-order valence-corrected chi connectivity index (χ3v) is 3.54. The van der Waals surface area contributed by atoms with Crippen LogP contribution in [0.2, 0.25) is 0 Å². The molecule has 6 heteroatoms. The van der Waals surface area contributed by atoms with Crippen molar-refractivity contribution >= 4 is 5.91 Å². The molecule has 1 aliphatic rings.